The molecule has 0 aliphatic heterocycles. The first-order chi connectivity index (χ1) is 9.86. The average Bonchev–Trinajstić information content (AvgIpc) is 2.39. The van der Waals surface area contributed by atoms with Gasteiger partial charge in [0.05, 0.1) is 6.61 Å². The number of rotatable bonds is 11. The van der Waals surface area contributed by atoms with Crippen LogP contribution < -0.4 is 0 Å². The molecule has 0 aromatic carbocycles. The predicted molar refractivity (Wildman–Crippen MR) is 76.1 cm³/mol. The molecule has 0 fully saturated rings. The number of nitro groups is 2. The summed E-state index contributed by atoms with van der Waals surface area (Å²) in [6.45, 7) is 4.42. The van der Waals surface area contributed by atoms with Gasteiger partial charge in [-0.2, -0.15) is 0 Å². The number of carbonyl (C=O) groups is 1. The number of ether oxygens (including phenoxy) is 1. The van der Waals surface area contributed by atoms with E-state index in [-0.39, 0.29) is 19.4 Å². The fourth-order valence-corrected chi connectivity index (χ4v) is 2.51. The molecule has 8 heteroatoms. The van der Waals surface area contributed by atoms with Gasteiger partial charge in [-0.25, -0.2) is 4.79 Å². The first-order valence-corrected chi connectivity index (χ1v) is 7.30. The molecular formula is C13H24N2O6. The summed E-state index contributed by atoms with van der Waals surface area (Å²) in [6.07, 6.45) is 2.46. The van der Waals surface area contributed by atoms with Crippen LogP contribution in [-0.2, 0) is 9.53 Å². The van der Waals surface area contributed by atoms with Crippen LogP contribution in [0.3, 0.4) is 0 Å². The standard InChI is InChI=1S/C13H24N2O6/c1-4-7-8-9-11(10-14(17)18)13(5-2,15(19)20)12(16)21-6-3/h11H,4-10H2,1-3H3. The first kappa shape index (κ1) is 19.3. The summed E-state index contributed by atoms with van der Waals surface area (Å²) in [4.78, 5) is 33.2. The summed E-state index contributed by atoms with van der Waals surface area (Å²) < 4.78 is 4.83. The molecule has 0 amide bonds. The van der Waals surface area contributed by atoms with E-state index in [0.29, 0.717) is 6.42 Å². The molecule has 0 rings (SSSR count). The van der Waals surface area contributed by atoms with Crippen molar-refractivity contribution in [1.82, 2.24) is 0 Å². The molecule has 0 bridgehead atoms. The lowest BCUT2D eigenvalue weighted by atomic mass is 9.78. The van der Waals surface area contributed by atoms with Crippen LogP contribution in [0.15, 0.2) is 0 Å². The van der Waals surface area contributed by atoms with Gasteiger partial charge in [-0.15, -0.1) is 0 Å². The lowest BCUT2D eigenvalue weighted by molar-refractivity contribution is -0.584. The zero-order valence-corrected chi connectivity index (χ0v) is 12.9. The average molecular weight is 304 g/mol. The third kappa shape index (κ3) is 4.95. The van der Waals surface area contributed by atoms with Crippen LogP contribution in [0.4, 0.5) is 0 Å². The van der Waals surface area contributed by atoms with E-state index in [9.17, 15) is 25.0 Å². The molecule has 0 aliphatic carbocycles. The Labute approximate surface area is 124 Å². The maximum absolute atomic E-state index is 12.1. The first-order valence-electron chi connectivity index (χ1n) is 7.30. The Kier molecular flexibility index (Phi) is 8.49. The SMILES string of the molecule is CCCCCC(C[N+](=O)[O-])C(CC)(C(=O)OCC)[N+](=O)[O-]. The van der Waals surface area contributed by atoms with Crippen molar-refractivity contribution in [3.05, 3.63) is 20.2 Å². The molecule has 0 aromatic heterocycles. The zero-order valence-electron chi connectivity index (χ0n) is 12.9. The predicted octanol–water partition coefficient (Wildman–Crippen LogP) is 2.45. The Bertz CT molecular complexity index is 374. The van der Waals surface area contributed by atoms with E-state index in [0.717, 1.165) is 12.8 Å². The van der Waals surface area contributed by atoms with E-state index >= 15 is 0 Å². The summed E-state index contributed by atoms with van der Waals surface area (Å²) in [5.74, 6) is -1.93. The summed E-state index contributed by atoms with van der Waals surface area (Å²) in [7, 11) is 0. The van der Waals surface area contributed by atoms with Crippen molar-refractivity contribution in [3.8, 4) is 0 Å². The van der Waals surface area contributed by atoms with Crippen molar-refractivity contribution in [1.29, 1.82) is 0 Å². The molecule has 8 nitrogen and oxygen atoms in total. The minimum atomic E-state index is -2.03. The highest BCUT2D eigenvalue weighted by Gasteiger charge is 2.58. The van der Waals surface area contributed by atoms with Gasteiger partial charge in [-0.3, -0.25) is 20.2 Å². The minimum Gasteiger partial charge on any atom is -0.461 e. The summed E-state index contributed by atoms with van der Waals surface area (Å²) in [5, 5.41) is 22.3. The highest BCUT2D eigenvalue weighted by Crippen LogP contribution is 2.31. The molecule has 122 valence electrons. The van der Waals surface area contributed by atoms with Crippen molar-refractivity contribution in [2.75, 3.05) is 13.2 Å². The molecule has 0 heterocycles. The van der Waals surface area contributed by atoms with Gasteiger partial charge < -0.3 is 4.74 Å². The van der Waals surface area contributed by atoms with Crippen molar-refractivity contribution >= 4 is 5.97 Å². The Balaban J connectivity index is 5.47. The highest BCUT2D eigenvalue weighted by molar-refractivity contribution is 5.79. The Morgan fingerprint density at radius 3 is 2.19 bits per heavy atom. The van der Waals surface area contributed by atoms with Crippen LogP contribution in [-0.4, -0.2) is 34.5 Å². The third-order valence-corrected chi connectivity index (χ3v) is 3.69. The quantitative estimate of drug-likeness (QED) is 0.251. The lowest BCUT2D eigenvalue weighted by Crippen LogP contribution is -2.55. The number of esters is 1. The Hall–Kier alpha value is -1.73. The van der Waals surface area contributed by atoms with Gasteiger partial charge in [-0.1, -0.05) is 33.1 Å². The molecule has 0 saturated carbocycles. The molecule has 21 heavy (non-hydrogen) atoms. The lowest BCUT2D eigenvalue weighted by Gasteiger charge is -2.28. The molecule has 0 saturated heterocycles. The van der Waals surface area contributed by atoms with Crippen LogP contribution in [0.1, 0.15) is 52.9 Å². The van der Waals surface area contributed by atoms with E-state index in [4.69, 9.17) is 4.74 Å². The highest BCUT2D eigenvalue weighted by atomic mass is 16.6. The van der Waals surface area contributed by atoms with Crippen LogP contribution >= 0.6 is 0 Å². The fraction of sp³-hybridized carbons (Fsp3) is 0.923. The van der Waals surface area contributed by atoms with Crippen LogP contribution in [0.5, 0.6) is 0 Å². The second-order valence-corrected chi connectivity index (χ2v) is 4.96. The number of hydrogen-bond donors (Lipinski definition) is 0. The van der Waals surface area contributed by atoms with Gasteiger partial charge >= 0.3 is 11.5 Å². The van der Waals surface area contributed by atoms with Gasteiger partial charge in [0.15, 0.2) is 0 Å². The molecule has 0 aliphatic rings. The minimum absolute atomic E-state index is 0.00850. The van der Waals surface area contributed by atoms with Crippen molar-refractivity contribution in [3.63, 3.8) is 0 Å². The van der Waals surface area contributed by atoms with E-state index in [1.165, 1.54) is 6.92 Å². The number of carbonyl (C=O) groups excluding carboxylic acids is 1. The second kappa shape index (κ2) is 9.25. The maximum Gasteiger partial charge on any atom is 0.385 e. The molecule has 0 spiro atoms. The van der Waals surface area contributed by atoms with E-state index in [1.807, 2.05) is 6.92 Å². The zero-order chi connectivity index (χ0) is 16.5. The largest absolute Gasteiger partial charge is 0.461 e. The normalized spacial score (nSPS) is 15.0. The van der Waals surface area contributed by atoms with Gasteiger partial charge in [-0.05, 0) is 13.3 Å². The summed E-state index contributed by atoms with van der Waals surface area (Å²) in [6, 6.07) is 0. The summed E-state index contributed by atoms with van der Waals surface area (Å²) in [5.41, 5.74) is -2.03. The molecular weight excluding hydrogens is 280 g/mol. The molecule has 2 unspecified atom stereocenters. The Morgan fingerprint density at radius 2 is 1.81 bits per heavy atom. The fourth-order valence-electron chi connectivity index (χ4n) is 2.51. The second-order valence-electron chi connectivity index (χ2n) is 4.96. The van der Waals surface area contributed by atoms with E-state index < -0.39 is 33.8 Å². The van der Waals surface area contributed by atoms with Crippen LogP contribution in [0.2, 0.25) is 0 Å². The number of unbranched alkanes of at least 4 members (excludes halogenated alkanes) is 2. The molecule has 0 radical (unpaired) electrons. The van der Waals surface area contributed by atoms with Gasteiger partial charge in [0.25, 0.3) is 0 Å². The topological polar surface area (TPSA) is 113 Å². The molecule has 0 aromatic rings. The van der Waals surface area contributed by atoms with Crippen molar-refractivity contribution in [2.45, 2.75) is 58.4 Å². The van der Waals surface area contributed by atoms with E-state index in [2.05, 4.69) is 0 Å². The van der Waals surface area contributed by atoms with Crippen LogP contribution in [0.25, 0.3) is 0 Å². The van der Waals surface area contributed by atoms with Crippen LogP contribution in [0, 0.1) is 26.1 Å². The molecule has 2 atom stereocenters. The molecule has 0 N–H and O–H groups in total. The third-order valence-electron chi connectivity index (χ3n) is 3.69. The van der Waals surface area contributed by atoms with Gasteiger partial charge in [0.2, 0.25) is 6.54 Å². The monoisotopic (exact) mass is 304 g/mol. The van der Waals surface area contributed by atoms with Gasteiger partial charge in [0, 0.05) is 16.3 Å². The van der Waals surface area contributed by atoms with Crippen molar-refractivity contribution < 1.29 is 19.4 Å². The van der Waals surface area contributed by atoms with Gasteiger partial charge in [0.1, 0.15) is 5.92 Å². The van der Waals surface area contributed by atoms with E-state index in [1.54, 1.807) is 6.92 Å². The number of hydrogen-bond acceptors (Lipinski definition) is 6. The Morgan fingerprint density at radius 1 is 1.19 bits per heavy atom. The summed E-state index contributed by atoms with van der Waals surface area (Å²) >= 11 is 0. The smallest absolute Gasteiger partial charge is 0.385 e. The number of nitrogens with zero attached hydrogens (tertiary/aromatic N) is 2. The van der Waals surface area contributed by atoms with Crippen molar-refractivity contribution in [2.24, 2.45) is 5.92 Å². The maximum atomic E-state index is 12.1.